The quantitative estimate of drug-likeness (QED) is 0.163. The lowest BCUT2D eigenvalue weighted by Crippen LogP contribution is -2.21. The molecular formula is C26H19N5OS3. The number of thioether (sulfide) groups is 1. The summed E-state index contributed by atoms with van der Waals surface area (Å²) in [4.78, 5) is 26.8. The summed E-state index contributed by atoms with van der Waals surface area (Å²) in [6.07, 6.45) is 0. The lowest BCUT2D eigenvalue weighted by atomic mass is 10.2. The molecule has 0 aliphatic carbocycles. The Morgan fingerprint density at radius 1 is 0.914 bits per heavy atom. The van der Waals surface area contributed by atoms with Crippen molar-refractivity contribution in [2.45, 2.75) is 17.5 Å². The summed E-state index contributed by atoms with van der Waals surface area (Å²) in [5.74, 6) is 1.37. The number of hydrogen-bond donors (Lipinski definition) is 1. The number of thiazole rings is 1. The van der Waals surface area contributed by atoms with Crippen molar-refractivity contribution in [3.05, 3.63) is 111 Å². The van der Waals surface area contributed by atoms with Crippen molar-refractivity contribution in [1.29, 1.82) is 0 Å². The Balaban J connectivity index is 1.48. The zero-order valence-electron chi connectivity index (χ0n) is 18.4. The number of benzene rings is 3. The molecule has 1 N–H and O–H groups in total. The summed E-state index contributed by atoms with van der Waals surface area (Å²) in [6, 6.07) is 27.6. The second kappa shape index (κ2) is 9.26. The van der Waals surface area contributed by atoms with Crippen LogP contribution >= 0.6 is 35.3 Å². The van der Waals surface area contributed by atoms with Crippen molar-refractivity contribution in [3.8, 4) is 5.69 Å². The topological polar surface area (TPSA) is 68.5 Å². The van der Waals surface area contributed by atoms with E-state index in [2.05, 4.69) is 9.97 Å². The van der Waals surface area contributed by atoms with Gasteiger partial charge < -0.3 is 9.55 Å². The molecule has 0 atom stereocenters. The van der Waals surface area contributed by atoms with Crippen LogP contribution in [0.15, 0.2) is 94.9 Å². The molecule has 0 fully saturated rings. The second-order valence-electron chi connectivity index (χ2n) is 7.95. The van der Waals surface area contributed by atoms with Gasteiger partial charge >= 0.3 is 0 Å². The maximum atomic E-state index is 13.8. The first-order chi connectivity index (χ1) is 17.2. The molecule has 0 saturated carbocycles. The van der Waals surface area contributed by atoms with E-state index in [0.29, 0.717) is 31.8 Å². The highest BCUT2D eigenvalue weighted by Gasteiger charge is 2.19. The van der Waals surface area contributed by atoms with Gasteiger partial charge in [0.15, 0.2) is 14.8 Å². The van der Waals surface area contributed by atoms with Crippen LogP contribution in [0.1, 0.15) is 11.4 Å². The van der Waals surface area contributed by atoms with Gasteiger partial charge in [0, 0.05) is 0 Å². The van der Waals surface area contributed by atoms with E-state index in [9.17, 15) is 4.79 Å². The van der Waals surface area contributed by atoms with Gasteiger partial charge in [0.05, 0.1) is 29.0 Å². The maximum Gasteiger partial charge on any atom is 0.278 e. The van der Waals surface area contributed by atoms with Crippen molar-refractivity contribution >= 4 is 56.7 Å². The second-order valence-corrected chi connectivity index (χ2v) is 10.5. The van der Waals surface area contributed by atoms with Gasteiger partial charge in [-0.15, -0.1) is 0 Å². The fraction of sp³-hybridized carbons (Fsp3) is 0.0769. The number of rotatable bonds is 6. The Hall–Kier alpha value is -3.53. The molecule has 0 aliphatic heterocycles. The van der Waals surface area contributed by atoms with E-state index in [4.69, 9.17) is 17.2 Å². The Morgan fingerprint density at radius 2 is 1.63 bits per heavy atom. The SMILES string of the molecule is O=c1c2sc(=S)n(Cc3ccccc3)c2nc(SCc2nc3ccccc3[nH]2)n1-c1ccccc1. The molecule has 172 valence electrons. The van der Waals surface area contributed by atoms with E-state index < -0.39 is 0 Å². The van der Waals surface area contributed by atoms with Gasteiger partial charge in [-0.05, 0) is 42.0 Å². The highest BCUT2D eigenvalue weighted by molar-refractivity contribution is 7.98. The van der Waals surface area contributed by atoms with E-state index in [1.54, 1.807) is 4.57 Å². The molecule has 0 saturated heterocycles. The van der Waals surface area contributed by atoms with Crippen LogP contribution in [0.4, 0.5) is 0 Å². The van der Waals surface area contributed by atoms with E-state index in [1.165, 1.54) is 23.1 Å². The lowest BCUT2D eigenvalue weighted by Gasteiger charge is -2.12. The maximum absolute atomic E-state index is 13.8. The molecule has 9 heteroatoms. The summed E-state index contributed by atoms with van der Waals surface area (Å²) in [5, 5.41) is 0.601. The van der Waals surface area contributed by atoms with E-state index in [0.717, 1.165) is 28.1 Å². The predicted molar refractivity (Wildman–Crippen MR) is 145 cm³/mol. The van der Waals surface area contributed by atoms with Gasteiger partial charge in [-0.3, -0.25) is 9.36 Å². The molecule has 0 amide bonds. The average Bonchev–Trinajstić information content (AvgIpc) is 3.45. The number of H-pyrrole nitrogens is 1. The zero-order chi connectivity index (χ0) is 23.8. The van der Waals surface area contributed by atoms with Crippen molar-refractivity contribution < 1.29 is 0 Å². The van der Waals surface area contributed by atoms with Gasteiger partial charge in [-0.25, -0.2) is 9.97 Å². The predicted octanol–water partition coefficient (Wildman–Crippen LogP) is 6.20. The van der Waals surface area contributed by atoms with Crippen LogP contribution in [-0.4, -0.2) is 24.1 Å². The molecule has 3 aromatic heterocycles. The molecule has 3 heterocycles. The summed E-state index contributed by atoms with van der Waals surface area (Å²) < 4.78 is 4.82. The molecule has 6 aromatic rings. The molecule has 0 bridgehead atoms. The fourth-order valence-corrected chi connectivity index (χ4v) is 6.12. The van der Waals surface area contributed by atoms with E-state index in [1.807, 2.05) is 89.5 Å². The highest BCUT2D eigenvalue weighted by Crippen LogP contribution is 2.27. The van der Waals surface area contributed by atoms with Gasteiger partial charge in [-0.1, -0.05) is 83.8 Å². The minimum absolute atomic E-state index is 0.115. The largest absolute Gasteiger partial charge is 0.341 e. The van der Waals surface area contributed by atoms with Gasteiger partial charge in [-0.2, -0.15) is 0 Å². The summed E-state index contributed by atoms with van der Waals surface area (Å²) in [7, 11) is 0. The van der Waals surface area contributed by atoms with Crippen molar-refractivity contribution in [1.82, 2.24) is 24.1 Å². The van der Waals surface area contributed by atoms with Gasteiger partial charge in [0.1, 0.15) is 10.5 Å². The number of fused-ring (bicyclic) bond motifs is 2. The Bertz CT molecular complexity index is 1740. The molecule has 0 radical (unpaired) electrons. The number of nitrogens with one attached hydrogen (secondary N) is 1. The van der Waals surface area contributed by atoms with Crippen LogP contribution in [0.25, 0.3) is 27.1 Å². The van der Waals surface area contributed by atoms with Gasteiger partial charge in [0.2, 0.25) is 0 Å². The third-order valence-corrected chi connectivity index (χ3v) is 8.01. The summed E-state index contributed by atoms with van der Waals surface area (Å²) in [5.41, 5.74) is 4.29. The molecule has 3 aromatic carbocycles. The third-order valence-electron chi connectivity index (χ3n) is 5.63. The molecule has 35 heavy (non-hydrogen) atoms. The summed E-state index contributed by atoms with van der Waals surface area (Å²) >= 11 is 8.46. The average molecular weight is 514 g/mol. The van der Waals surface area contributed by atoms with E-state index in [-0.39, 0.29) is 5.56 Å². The third kappa shape index (κ3) is 4.22. The zero-order valence-corrected chi connectivity index (χ0v) is 20.9. The molecule has 6 rings (SSSR count). The first-order valence-electron chi connectivity index (χ1n) is 11.0. The van der Waals surface area contributed by atoms with Crippen molar-refractivity contribution in [3.63, 3.8) is 0 Å². The fourth-order valence-electron chi connectivity index (χ4n) is 3.99. The molecule has 6 nitrogen and oxygen atoms in total. The van der Waals surface area contributed by atoms with Crippen LogP contribution < -0.4 is 5.56 Å². The number of para-hydroxylation sites is 3. The van der Waals surface area contributed by atoms with Crippen LogP contribution in [0, 0.1) is 3.95 Å². The lowest BCUT2D eigenvalue weighted by molar-refractivity contribution is 0.773. The normalized spacial score (nSPS) is 11.4. The first kappa shape index (κ1) is 22.0. The minimum atomic E-state index is -0.115. The smallest absolute Gasteiger partial charge is 0.278 e. The van der Waals surface area contributed by atoms with Crippen LogP contribution in [0.3, 0.4) is 0 Å². The van der Waals surface area contributed by atoms with E-state index >= 15 is 0 Å². The Kier molecular flexibility index (Phi) is 5.81. The Morgan fingerprint density at radius 3 is 2.40 bits per heavy atom. The number of aromatic nitrogens is 5. The van der Waals surface area contributed by atoms with Crippen LogP contribution in [0.2, 0.25) is 0 Å². The molecule has 0 aliphatic rings. The number of imidazole rings is 1. The van der Waals surface area contributed by atoms with Gasteiger partial charge in [0.25, 0.3) is 5.56 Å². The molecular weight excluding hydrogens is 495 g/mol. The highest BCUT2D eigenvalue weighted by atomic mass is 32.2. The Labute approximate surface area is 213 Å². The first-order valence-corrected chi connectivity index (χ1v) is 13.2. The standard InChI is InChI=1S/C26H19N5OS3/c32-24-22-23(30(26(33)35-22)15-17-9-3-1-4-10-17)29-25(31(24)18-11-5-2-6-12-18)34-16-21-27-19-13-7-8-14-20(19)28-21/h1-14H,15-16H2,(H,27,28). The monoisotopic (exact) mass is 513 g/mol. The van der Waals surface area contributed by atoms with Crippen molar-refractivity contribution in [2.24, 2.45) is 0 Å². The molecule has 0 spiro atoms. The molecule has 0 unspecified atom stereocenters. The number of hydrogen-bond acceptors (Lipinski definition) is 6. The minimum Gasteiger partial charge on any atom is -0.341 e. The summed E-state index contributed by atoms with van der Waals surface area (Å²) in [6.45, 7) is 0.565. The van der Waals surface area contributed by atoms with Crippen molar-refractivity contribution in [2.75, 3.05) is 0 Å². The van der Waals surface area contributed by atoms with Crippen LogP contribution in [0.5, 0.6) is 0 Å². The van der Waals surface area contributed by atoms with Crippen LogP contribution in [-0.2, 0) is 12.3 Å². The number of nitrogens with zero attached hydrogens (tertiary/aromatic N) is 4. The number of aromatic amines is 1.